The van der Waals surface area contributed by atoms with Gasteiger partial charge in [0.1, 0.15) is 0 Å². The number of piperazine rings is 1. The fourth-order valence-electron chi connectivity index (χ4n) is 1.77. The summed E-state index contributed by atoms with van der Waals surface area (Å²) in [5, 5.41) is 1.96. The largest absolute Gasteiger partial charge is 1.00 e. The Morgan fingerprint density at radius 3 is 2.50 bits per heavy atom. The van der Waals surface area contributed by atoms with Crippen molar-refractivity contribution in [3.8, 4) is 0 Å². The molecule has 3 nitrogen and oxygen atoms in total. The van der Waals surface area contributed by atoms with Crippen LogP contribution in [0.1, 0.15) is 9.67 Å². The highest BCUT2D eigenvalue weighted by Crippen LogP contribution is 2.14. The molecule has 0 radical (unpaired) electrons. The first-order chi connectivity index (χ1) is 7.08. The van der Waals surface area contributed by atoms with Gasteiger partial charge in [-0.05, 0) is 11.4 Å². The van der Waals surface area contributed by atoms with Crippen LogP contribution in [0.25, 0.3) is 0 Å². The summed E-state index contributed by atoms with van der Waals surface area (Å²) in [6, 6.07) is 3.84. The number of hydrogen-bond donors (Lipinski definition) is 0. The molecule has 1 amide bonds. The van der Waals surface area contributed by atoms with Crippen molar-refractivity contribution in [2.75, 3.05) is 40.3 Å². The van der Waals surface area contributed by atoms with E-state index < -0.39 is 0 Å². The standard InChI is InChI=1S/C11H17N2OS.HI/c1-13(2)7-5-12(6-8-13)11(14)10-4-3-9-15-10;/h3-4,9H,5-8H2,1-2H3;1H/q+1;/p-1. The lowest BCUT2D eigenvalue weighted by Crippen LogP contribution is -3.00. The highest BCUT2D eigenvalue weighted by atomic mass is 127. The third-order valence-electron chi connectivity index (χ3n) is 2.97. The average molecular weight is 352 g/mol. The summed E-state index contributed by atoms with van der Waals surface area (Å²) >= 11 is 1.53. The third-order valence-corrected chi connectivity index (χ3v) is 3.83. The summed E-state index contributed by atoms with van der Waals surface area (Å²) in [5.41, 5.74) is 0. The predicted octanol–water partition coefficient (Wildman–Crippen LogP) is -1.72. The van der Waals surface area contributed by atoms with E-state index in [0.29, 0.717) is 0 Å². The molecule has 5 heteroatoms. The zero-order chi connectivity index (χ0) is 10.9. The molecule has 0 aromatic carbocycles. The number of carbonyl (C=O) groups excluding carboxylic acids is 1. The molecule has 1 saturated heterocycles. The van der Waals surface area contributed by atoms with Gasteiger partial charge in [0.05, 0.1) is 45.2 Å². The van der Waals surface area contributed by atoms with Gasteiger partial charge in [0, 0.05) is 0 Å². The number of amides is 1. The number of rotatable bonds is 1. The summed E-state index contributed by atoms with van der Waals surface area (Å²) in [4.78, 5) is 14.8. The molecule has 0 bridgehead atoms. The quantitative estimate of drug-likeness (QED) is 0.435. The highest BCUT2D eigenvalue weighted by molar-refractivity contribution is 7.12. The van der Waals surface area contributed by atoms with Crippen LogP contribution in [0.4, 0.5) is 0 Å². The van der Waals surface area contributed by atoms with Crippen molar-refractivity contribution in [3.05, 3.63) is 22.4 Å². The molecule has 0 saturated carbocycles. The van der Waals surface area contributed by atoms with Gasteiger partial charge in [-0.3, -0.25) is 4.79 Å². The molecule has 2 rings (SSSR count). The Balaban J connectivity index is 0.00000128. The van der Waals surface area contributed by atoms with Gasteiger partial charge in [0.2, 0.25) is 0 Å². The average Bonchev–Trinajstić information content (AvgIpc) is 2.69. The number of halogens is 1. The molecule has 1 aliphatic rings. The van der Waals surface area contributed by atoms with Crippen LogP contribution >= 0.6 is 11.3 Å². The minimum Gasteiger partial charge on any atom is -1.00 e. The van der Waals surface area contributed by atoms with E-state index in [1.165, 1.54) is 11.3 Å². The highest BCUT2D eigenvalue weighted by Gasteiger charge is 2.27. The molecule has 0 spiro atoms. The SMILES string of the molecule is C[N+]1(C)CCN(C(=O)c2cccs2)CC1.[I-]. The van der Waals surface area contributed by atoms with Crippen LogP contribution in [-0.4, -0.2) is 55.6 Å². The molecule has 0 N–H and O–H groups in total. The van der Waals surface area contributed by atoms with Crippen molar-refractivity contribution in [2.45, 2.75) is 0 Å². The minimum atomic E-state index is 0. The van der Waals surface area contributed by atoms with Crippen LogP contribution in [0.2, 0.25) is 0 Å². The van der Waals surface area contributed by atoms with Crippen molar-refractivity contribution in [1.29, 1.82) is 0 Å². The number of likely N-dealkylation sites (N-methyl/N-ethyl adjacent to an activating group) is 1. The summed E-state index contributed by atoms with van der Waals surface area (Å²) in [5.74, 6) is 0.199. The first kappa shape index (κ1) is 13.9. The smallest absolute Gasteiger partial charge is 0.264 e. The van der Waals surface area contributed by atoms with Gasteiger partial charge in [-0.2, -0.15) is 0 Å². The Kier molecular flexibility index (Phi) is 4.75. The van der Waals surface area contributed by atoms with Crippen molar-refractivity contribution in [3.63, 3.8) is 0 Å². The molecule has 0 atom stereocenters. The monoisotopic (exact) mass is 352 g/mol. The first-order valence-corrected chi connectivity index (χ1v) is 6.11. The van der Waals surface area contributed by atoms with Gasteiger partial charge < -0.3 is 33.4 Å². The van der Waals surface area contributed by atoms with Gasteiger partial charge >= 0.3 is 0 Å². The normalized spacial score (nSPS) is 19.0. The Morgan fingerprint density at radius 2 is 2.00 bits per heavy atom. The maximum absolute atomic E-state index is 12.0. The van der Waals surface area contributed by atoms with Crippen LogP contribution in [0, 0.1) is 0 Å². The van der Waals surface area contributed by atoms with Crippen LogP contribution < -0.4 is 24.0 Å². The van der Waals surface area contributed by atoms with Gasteiger partial charge in [0.25, 0.3) is 5.91 Å². The molecule has 1 aliphatic heterocycles. The van der Waals surface area contributed by atoms with E-state index in [2.05, 4.69) is 14.1 Å². The third kappa shape index (κ3) is 3.18. The number of hydrogen-bond acceptors (Lipinski definition) is 2. The van der Waals surface area contributed by atoms with E-state index in [1.807, 2.05) is 22.4 Å². The number of quaternary nitrogens is 1. The van der Waals surface area contributed by atoms with Gasteiger partial charge in [0.15, 0.2) is 0 Å². The maximum atomic E-state index is 12.0. The molecule has 1 aromatic rings. The Bertz CT molecular complexity index is 341. The molecule has 2 heterocycles. The summed E-state index contributed by atoms with van der Waals surface area (Å²) in [6.07, 6.45) is 0. The number of nitrogens with zero attached hydrogens (tertiary/aromatic N) is 2. The number of carbonyl (C=O) groups is 1. The Morgan fingerprint density at radius 1 is 1.38 bits per heavy atom. The zero-order valence-electron chi connectivity index (χ0n) is 9.65. The van der Waals surface area contributed by atoms with Crippen molar-refractivity contribution < 1.29 is 33.3 Å². The second-order valence-electron chi connectivity index (χ2n) is 4.65. The van der Waals surface area contributed by atoms with E-state index in [-0.39, 0.29) is 29.9 Å². The van der Waals surface area contributed by atoms with E-state index in [1.54, 1.807) is 0 Å². The van der Waals surface area contributed by atoms with Gasteiger partial charge in [-0.25, -0.2) is 0 Å². The van der Waals surface area contributed by atoms with Crippen LogP contribution in [0.3, 0.4) is 0 Å². The molecule has 90 valence electrons. The molecular weight excluding hydrogens is 335 g/mol. The fourth-order valence-corrected chi connectivity index (χ4v) is 2.46. The molecule has 0 aliphatic carbocycles. The lowest BCUT2D eigenvalue weighted by molar-refractivity contribution is -0.894. The fraction of sp³-hybridized carbons (Fsp3) is 0.545. The van der Waals surface area contributed by atoms with Crippen molar-refractivity contribution in [2.24, 2.45) is 0 Å². The van der Waals surface area contributed by atoms with Crippen LogP contribution in [0.15, 0.2) is 17.5 Å². The van der Waals surface area contributed by atoms with Gasteiger partial charge in [-0.15, -0.1) is 11.3 Å². The molecular formula is C11H17IN2OS. The first-order valence-electron chi connectivity index (χ1n) is 5.23. The van der Waals surface area contributed by atoms with Crippen molar-refractivity contribution >= 4 is 17.2 Å². The summed E-state index contributed by atoms with van der Waals surface area (Å²) in [6.45, 7) is 3.86. The van der Waals surface area contributed by atoms with E-state index >= 15 is 0 Å². The minimum absolute atomic E-state index is 0. The van der Waals surface area contributed by atoms with E-state index in [0.717, 1.165) is 35.5 Å². The molecule has 16 heavy (non-hydrogen) atoms. The number of thiophene rings is 1. The van der Waals surface area contributed by atoms with E-state index in [9.17, 15) is 4.79 Å². The van der Waals surface area contributed by atoms with Crippen molar-refractivity contribution in [1.82, 2.24) is 4.90 Å². The second-order valence-corrected chi connectivity index (χ2v) is 5.60. The van der Waals surface area contributed by atoms with Crippen LogP contribution in [-0.2, 0) is 0 Å². The van der Waals surface area contributed by atoms with E-state index in [4.69, 9.17) is 0 Å². The maximum Gasteiger partial charge on any atom is 0.264 e. The summed E-state index contributed by atoms with van der Waals surface area (Å²) in [7, 11) is 4.43. The second kappa shape index (κ2) is 5.46. The van der Waals surface area contributed by atoms with Gasteiger partial charge in [-0.1, -0.05) is 6.07 Å². The summed E-state index contributed by atoms with van der Waals surface area (Å²) < 4.78 is 1.02. The van der Waals surface area contributed by atoms with Crippen LogP contribution in [0.5, 0.6) is 0 Å². The Labute approximate surface area is 118 Å². The lowest BCUT2D eigenvalue weighted by Gasteiger charge is -2.38. The molecule has 1 aromatic heterocycles. The Hall–Kier alpha value is -0.140. The predicted molar refractivity (Wildman–Crippen MR) is 62.1 cm³/mol. The molecule has 0 unspecified atom stereocenters. The zero-order valence-corrected chi connectivity index (χ0v) is 12.6. The molecule has 1 fully saturated rings. The topological polar surface area (TPSA) is 20.3 Å². The lowest BCUT2D eigenvalue weighted by atomic mass is 10.2.